The maximum absolute atomic E-state index is 14.2. The first-order valence-corrected chi connectivity index (χ1v) is 15.2. The van der Waals surface area contributed by atoms with E-state index in [1.165, 1.54) is 33.0 Å². The third-order valence-corrected chi connectivity index (χ3v) is 6.82. The molecule has 2 N–H and O–H groups in total. The average molecular weight is 667 g/mol. The number of alkyl carbamates (subject to hydrolysis) is 1. The van der Waals surface area contributed by atoms with E-state index in [1.54, 1.807) is 5.32 Å². The molecule has 0 spiro atoms. The molecule has 0 aromatic rings. The van der Waals surface area contributed by atoms with Crippen LogP contribution >= 0.6 is 0 Å². The summed E-state index contributed by atoms with van der Waals surface area (Å²) in [4.78, 5) is 23.8. The van der Waals surface area contributed by atoms with E-state index in [0.29, 0.717) is 19.3 Å². The second kappa shape index (κ2) is 15.9. The molecule has 4 unspecified atom stereocenters. The van der Waals surface area contributed by atoms with Crippen LogP contribution in [0.5, 0.6) is 0 Å². The summed E-state index contributed by atoms with van der Waals surface area (Å²) in [5, 5.41) is 2.98. The van der Waals surface area contributed by atoms with Crippen molar-refractivity contribution in [2.24, 2.45) is 5.41 Å². The zero-order valence-electron chi connectivity index (χ0n) is 29.2. The molecular formula is C31H56F6N2O6. The van der Waals surface area contributed by atoms with Gasteiger partial charge in [-0.25, -0.2) is 4.79 Å². The van der Waals surface area contributed by atoms with Gasteiger partial charge in [-0.1, -0.05) is 27.7 Å². The first-order chi connectivity index (χ1) is 19.9. The molecule has 4 atom stereocenters. The highest BCUT2D eigenvalue weighted by Gasteiger charge is 2.71. The number of hydrogen-bond donors (Lipinski definition) is 2. The minimum atomic E-state index is -5.90. The van der Waals surface area contributed by atoms with Crippen LogP contribution in [0.3, 0.4) is 0 Å². The lowest BCUT2D eigenvalue weighted by molar-refractivity contribution is -0.303. The van der Waals surface area contributed by atoms with E-state index in [9.17, 15) is 35.9 Å². The number of carbonyl (C=O) groups is 2. The van der Waals surface area contributed by atoms with Gasteiger partial charge in [-0.05, 0) is 68.7 Å². The van der Waals surface area contributed by atoms with Crippen LogP contribution in [0.1, 0.15) is 109 Å². The van der Waals surface area contributed by atoms with Gasteiger partial charge in [0, 0.05) is 18.3 Å². The highest BCUT2D eigenvalue weighted by molar-refractivity contribution is 5.81. The van der Waals surface area contributed by atoms with Gasteiger partial charge in [0.05, 0.1) is 48.7 Å². The van der Waals surface area contributed by atoms with Gasteiger partial charge < -0.3 is 29.6 Å². The third kappa shape index (κ3) is 15.1. The lowest BCUT2D eigenvalue weighted by Gasteiger charge is -2.37. The molecule has 0 heterocycles. The summed E-state index contributed by atoms with van der Waals surface area (Å²) in [6.07, 6.45) is -1.14. The Kier molecular flexibility index (Phi) is 15.2. The van der Waals surface area contributed by atoms with E-state index >= 15 is 0 Å². The number of rotatable bonds is 18. The normalized spacial score (nSPS) is 17.2. The first-order valence-electron chi connectivity index (χ1n) is 15.2. The van der Waals surface area contributed by atoms with Crippen LogP contribution < -0.4 is 10.6 Å². The van der Waals surface area contributed by atoms with Crippen molar-refractivity contribution in [2.45, 2.75) is 162 Å². The van der Waals surface area contributed by atoms with Crippen molar-refractivity contribution in [1.82, 2.24) is 10.6 Å². The molecule has 0 fully saturated rings. The second-order valence-corrected chi connectivity index (χ2v) is 14.7. The molecule has 0 aliphatic carbocycles. The van der Waals surface area contributed by atoms with E-state index in [2.05, 4.69) is 0 Å². The molecule has 268 valence electrons. The van der Waals surface area contributed by atoms with Crippen molar-refractivity contribution >= 4 is 12.0 Å². The van der Waals surface area contributed by atoms with Gasteiger partial charge in [0.1, 0.15) is 6.10 Å². The molecule has 0 bridgehead atoms. The monoisotopic (exact) mass is 666 g/mol. The van der Waals surface area contributed by atoms with Gasteiger partial charge >= 0.3 is 23.9 Å². The molecule has 45 heavy (non-hydrogen) atoms. The van der Waals surface area contributed by atoms with E-state index in [0.717, 1.165) is 0 Å². The van der Waals surface area contributed by atoms with Crippen molar-refractivity contribution in [3.05, 3.63) is 0 Å². The SMILES string of the molecule is CCC(C)(CC(C)OC(C)(C)CC(C)OC(C)(C)C)OCC(C)OC(=O)NCC(F)(F)C(F)(F)C(F)(F)CNC(=O)C(C)(C)C. The summed E-state index contributed by atoms with van der Waals surface area (Å²) in [7, 11) is 0. The molecule has 14 heteroatoms. The van der Waals surface area contributed by atoms with Crippen molar-refractivity contribution in [3.63, 3.8) is 0 Å². The molecular weight excluding hydrogens is 610 g/mol. The summed E-state index contributed by atoms with van der Waals surface area (Å²) in [6, 6.07) is 0. The van der Waals surface area contributed by atoms with Crippen molar-refractivity contribution in [2.75, 3.05) is 19.7 Å². The Labute approximate surface area is 265 Å². The molecule has 0 radical (unpaired) electrons. The fraction of sp³-hybridized carbons (Fsp3) is 0.935. The van der Waals surface area contributed by atoms with Gasteiger partial charge in [-0.2, -0.15) is 26.3 Å². The summed E-state index contributed by atoms with van der Waals surface area (Å²) >= 11 is 0. The van der Waals surface area contributed by atoms with Crippen LogP contribution in [0, 0.1) is 5.41 Å². The van der Waals surface area contributed by atoms with Crippen LogP contribution in [0.4, 0.5) is 31.1 Å². The highest BCUT2D eigenvalue weighted by atomic mass is 19.3. The fourth-order valence-electron chi connectivity index (χ4n) is 4.59. The van der Waals surface area contributed by atoms with E-state index in [1.807, 2.05) is 62.3 Å². The third-order valence-electron chi connectivity index (χ3n) is 6.82. The Morgan fingerprint density at radius 3 is 1.60 bits per heavy atom. The van der Waals surface area contributed by atoms with Crippen molar-refractivity contribution in [1.29, 1.82) is 0 Å². The van der Waals surface area contributed by atoms with Crippen LogP contribution in [0.2, 0.25) is 0 Å². The predicted molar refractivity (Wildman–Crippen MR) is 160 cm³/mol. The Morgan fingerprint density at radius 2 is 1.16 bits per heavy atom. The largest absolute Gasteiger partial charge is 0.444 e. The number of amides is 2. The Hall–Kier alpha value is -1.80. The lowest BCUT2D eigenvalue weighted by Crippen LogP contribution is -2.62. The van der Waals surface area contributed by atoms with E-state index < -0.39 is 65.6 Å². The topological polar surface area (TPSA) is 95.1 Å². The van der Waals surface area contributed by atoms with Crippen LogP contribution in [-0.2, 0) is 23.7 Å². The number of alkyl halides is 6. The quantitative estimate of drug-likeness (QED) is 0.147. The first kappa shape index (κ1) is 43.2. The fourth-order valence-corrected chi connectivity index (χ4v) is 4.59. The van der Waals surface area contributed by atoms with Gasteiger partial charge in [0.15, 0.2) is 0 Å². The summed E-state index contributed by atoms with van der Waals surface area (Å²) in [6.45, 7) is 18.6. The molecule has 0 aliphatic heterocycles. The van der Waals surface area contributed by atoms with Gasteiger partial charge in [0.2, 0.25) is 5.91 Å². The van der Waals surface area contributed by atoms with E-state index in [4.69, 9.17) is 18.9 Å². The average Bonchev–Trinajstić information content (AvgIpc) is 2.81. The van der Waals surface area contributed by atoms with Crippen LogP contribution in [-0.4, -0.2) is 84.6 Å². The zero-order valence-corrected chi connectivity index (χ0v) is 29.2. The Bertz CT molecular complexity index is 952. The highest BCUT2D eigenvalue weighted by Crippen LogP contribution is 2.45. The molecule has 0 aliphatic rings. The molecule has 0 saturated carbocycles. The molecule has 0 saturated heterocycles. The Morgan fingerprint density at radius 1 is 0.689 bits per heavy atom. The summed E-state index contributed by atoms with van der Waals surface area (Å²) < 4.78 is 108. The predicted octanol–water partition coefficient (Wildman–Crippen LogP) is 7.52. The number of carbonyl (C=O) groups excluding carboxylic acids is 2. The minimum absolute atomic E-state index is 0.0473. The molecule has 0 aromatic heterocycles. The molecule has 0 aromatic carbocycles. The maximum Gasteiger partial charge on any atom is 0.407 e. The van der Waals surface area contributed by atoms with Crippen LogP contribution in [0.25, 0.3) is 0 Å². The van der Waals surface area contributed by atoms with Crippen LogP contribution in [0.15, 0.2) is 0 Å². The van der Waals surface area contributed by atoms with Gasteiger partial charge in [-0.15, -0.1) is 0 Å². The lowest BCUT2D eigenvalue weighted by atomic mass is 9.94. The summed E-state index contributed by atoms with van der Waals surface area (Å²) in [5.41, 5.74) is -2.73. The zero-order chi connectivity index (χ0) is 35.9. The number of nitrogens with one attached hydrogen (secondary N) is 2. The van der Waals surface area contributed by atoms with Crippen molar-refractivity contribution < 1.29 is 54.9 Å². The second-order valence-electron chi connectivity index (χ2n) is 14.7. The maximum atomic E-state index is 14.2. The molecule has 8 nitrogen and oxygen atoms in total. The number of halogens is 6. The number of hydrogen-bond acceptors (Lipinski definition) is 6. The smallest absolute Gasteiger partial charge is 0.407 e. The minimum Gasteiger partial charge on any atom is -0.444 e. The summed E-state index contributed by atoms with van der Waals surface area (Å²) in [5.74, 6) is -17.6. The standard InChI is InChI=1S/C31H56F6N2O6/c1-14-28(13,16-21(3)45-27(11,12)15-20(2)44-26(8,9)10)42-17-22(4)43-24(41)39-19-30(34,35)31(36,37)29(32,33)18-38-23(40)25(5,6)7/h20-22H,14-19H2,1-13H3,(H,38,40)(H,39,41). The Balaban J connectivity index is 5.02. The van der Waals surface area contributed by atoms with Crippen molar-refractivity contribution in [3.8, 4) is 0 Å². The number of ether oxygens (including phenoxy) is 4. The van der Waals surface area contributed by atoms with Gasteiger partial charge in [0.25, 0.3) is 0 Å². The van der Waals surface area contributed by atoms with E-state index in [-0.39, 0.29) is 24.4 Å². The molecule has 0 rings (SSSR count). The molecule has 2 amide bonds. The van der Waals surface area contributed by atoms with Gasteiger partial charge in [-0.3, -0.25) is 4.79 Å².